The highest BCUT2D eigenvalue weighted by molar-refractivity contribution is 7.07. The Hall–Kier alpha value is -2.70. The van der Waals surface area contributed by atoms with E-state index in [0.29, 0.717) is 15.8 Å². The summed E-state index contributed by atoms with van der Waals surface area (Å²) in [5.41, 5.74) is 0.758. The molecule has 154 valence electrons. The van der Waals surface area contributed by atoms with E-state index in [1.54, 1.807) is 11.7 Å². The Labute approximate surface area is 178 Å². The Morgan fingerprint density at radius 1 is 1.17 bits per heavy atom. The monoisotopic (exact) mass is 420 g/mol. The molecule has 6 heteroatoms. The second kappa shape index (κ2) is 7.52. The largest absolute Gasteiger partial charge is 0.497 e. The first kappa shape index (κ1) is 19.3. The average molecular weight is 421 g/mol. The van der Waals surface area contributed by atoms with Gasteiger partial charge in [-0.15, -0.1) is 0 Å². The van der Waals surface area contributed by atoms with Crippen molar-refractivity contribution >= 4 is 17.4 Å². The number of ether oxygens (including phenoxy) is 1. The Morgan fingerprint density at radius 3 is 2.67 bits per heavy atom. The van der Waals surface area contributed by atoms with Crippen LogP contribution in [0.1, 0.15) is 42.9 Å². The standard InChI is InChI=1S/C24H24N2O3S/c1-29-18-12-10-16(11-13-18)15-19-22(27)26-21(17-7-3-2-4-8-17)24(28)14-6-5-9-20(24)25-23(26)30-19/h2-4,7-8,10-13,15,20-21,28H,5-6,9,14H2,1H3/b19-15+. The molecule has 2 heterocycles. The van der Waals surface area contributed by atoms with Crippen LogP contribution in [0.2, 0.25) is 0 Å². The summed E-state index contributed by atoms with van der Waals surface area (Å²) in [5, 5.41) is 11.8. The summed E-state index contributed by atoms with van der Waals surface area (Å²) in [6.07, 6.45) is 5.40. The van der Waals surface area contributed by atoms with E-state index in [1.165, 1.54) is 11.3 Å². The molecule has 3 unspecified atom stereocenters. The molecule has 5 nitrogen and oxygen atoms in total. The first-order valence-corrected chi connectivity index (χ1v) is 11.1. The lowest BCUT2D eigenvalue weighted by molar-refractivity contribution is -0.0560. The number of benzene rings is 2. The maximum absolute atomic E-state index is 13.5. The minimum Gasteiger partial charge on any atom is -0.497 e. The average Bonchev–Trinajstić information content (AvgIpc) is 3.07. The molecule has 1 aromatic heterocycles. The number of aliphatic hydroxyl groups is 1. The van der Waals surface area contributed by atoms with Gasteiger partial charge in [-0.1, -0.05) is 66.6 Å². The molecule has 0 bridgehead atoms. The van der Waals surface area contributed by atoms with Gasteiger partial charge in [0.1, 0.15) is 11.4 Å². The molecule has 1 fully saturated rings. The quantitative estimate of drug-likeness (QED) is 0.709. The van der Waals surface area contributed by atoms with Gasteiger partial charge in [-0.2, -0.15) is 0 Å². The summed E-state index contributed by atoms with van der Waals surface area (Å²) in [7, 11) is 1.63. The molecule has 5 rings (SSSR count). The van der Waals surface area contributed by atoms with Crippen LogP contribution in [0, 0.1) is 0 Å². The molecular formula is C24H24N2O3S. The van der Waals surface area contributed by atoms with Crippen molar-refractivity contribution in [1.82, 2.24) is 4.57 Å². The molecule has 2 aliphatic rings. The molecule has 1 aliphatic carbocycles. The molecule has 0 amide bonds. The summed E-state index contributed by atoms with van der Waals surface area (Å²) in [5.74, 6) is 0.778. The van der Waals surface area contributed by atoms with Gasteiger partial charge in [-0.25, -0.2) is 0 Å². The molecule has 0 spiro atoms. The number of hydrogen-bond acceptors (Lipinski definition) is 5. The van der Waals surface area contributed by atoms with Crippen molar-refractivity contribution in [3.8, 4) is 5.75 Å². The van der Waals surface area contributed by atoms with Gasteiger partial charge < -0.3 is 9.84 Å². The van der Waals surface area contributed by atoms with Gasteiger partial charge in [-0.3, -0.25) is 14.4 Å². The Kier molecular flexibility index (Phi) is 4.83. The fraction of sp³-hybridized carbons (Fsp3) is 0.333. The van der Waals surface area contributed by atoms with Crippen molar-refractivity contribution in [3.63, 3.8) is 0 Å². The maximum Gasteiger partial charge on any atom is 0.270 e. The molecule has 2 aromatic carbocycles. The number of methoxy groups -OCH3 is 1. The fourth-order valence-electron chi connectivity index (χ4n) is 4.74. The summed E-state index contributed by atoms with van der Waals surface area (Å²) < 4.78 is 7.56. The lowest BCUT2D eigenvalue weighted by atomic mass is 9.73. The fourth-order valence-corrected chi connectivity index (χ4v) is 5.79. The van der Waals surface area contributed by atoms with Crippen LogP contribution in [-0.4, -0.2) is 28.4 Å². The van der Waals surface area contributed by atoms with Crippen LogP contribution in [0.4, 0.5) is 0 Å². The zero-order chi connectivity index (χ0) is 20.7. The SMILES string of the molecule is COc1ccc(/C=c2/sc3n(c2=O)C(c2ccccc2)C2(O)CCCCC2N=3)cc1. The number of nitrogens with zero attached hydrogens (tertiary/aromatic N) is 2. The van der Waals surface area contributed by atoms with Crippen LogP contribution in [0.15, 0.2) is 64.4 Å². The van der Waals surface area contributed by atoms with Crippen molar-refractivity contribution in [2.45, 2.75) is 43.4 Å². The minimum atomic E-state index is -1.03. The van der Waals surface area contributed by atoms with Crippen molar-refractivity contribution in [3.05, 3.63) is 85.4 Å². The highest BCUT2D eigenvalue weighted by Gasteiger charge is 2.50. The van der Waals surface area contributed by atoms with Gasteiger partial charge in [0, 0.05) is 0 Å². The molecule has 30 heavy (non-hydrogen) atoms. The van der Waals surface area contributed by atoms with E-state index in [0.717, 1.165) is 36.1 Å². The van der Waals surface area contributed by atoms with Crippen LogP contribution in [0.5, 0.6) is 5.75 Å². The van der Waals surface area contributed by atoms with E-state index in [9.17, 15) is 9.90 Å². The number of aromatic nitrogens is 1. The Balaban J connectivity index is 1.71. The number of thiazole rings is 1. The van der Waals surface area contributed by atoms with Crippen LogP contribution >= 0.6 is 11.3 Å². The molecule has 0 radical (unpaired) electrons. The summed E-state index contributed by atoms with van der Waals surface area (Å²) in [6.45, 7) is 0. The second-order valence-corrected chi connectivity index (χ2v) is 9.05. The van der Waals surface area contributed by atoms with Gasteiger partial charge >= 0.3 is 0 Å². The van der Waals surface area contributed by atoms with Crippen molar-refractivity contribution < 1.29 is 9.84 Å². The number of hydrogen-bond donors (Lipinski definition) is 1. The minimum absolute atomic E-state index is 0.0964. The molecule has 3 atom stereocenters. The maximum atomic E-state index is 13.5. The van der Waals surface area contributed by atoms with Crippen molar-refractivity contribution in [2.75, 3.05) is 7.11 Å². The molecule has 1 saturated carbocycles. The van der Waals surface area contributed by atoms with E-state index < -0.39 is 11.6 Å². The van der Waals surface area contributed by atoms with Gasteiger partial charge in [0.05, 0.1) is 23.7 Å². The lowest BCUT2D eigenvalue weighted by Crippen LogP contribution is -2.58. The number of rotatable bonds is 3. The highest BCUT2D eigenvalue weighted by Crippen LogP contribution is 2.42. The third-order valence-corrected chi connectivity index (χ3v) is 7.24. The topological polar surface area (TPSA) is 63.8 Å². The van der Waals surface area contributed by atoms with Gasteiger partial charge in [0.25, 0.3) is 5.56 Å². The predicted octanol–water partition coefficient (Wildman–Crippen LogP) is 2.64. The van der Waals surface area contributed by atoms with E-state index >= 15 is 0 Å². The third kappa shape index (κ3) is 3.11. The molecule has 1 aliphatic heterocycles. The van der Waals surface area contributed by atoms with E-state index in [2.05, 4.69) is 0 Å². The van der Waals surface area contributed by atoms with E-state index in [1.807, 2.05) is 60.7 Å². The molecule has 1 N–H and O–H groups in total. The zero-order valence-electron chi connectivity index (χ0n) is 16.8. The lowest BCUT2D eigenvalue weighted by Gasteiger charge is -2.45. The van der Waals surface area contributed by atoms with Crippen LogP contribution in [0.25, 0.3) is 6.08 Å². The van der Waals surface area contributed by atoms with Crippen LogP contribution in [0.3, 0.4) is 0 Å². The Morgan fingerprint density at radius 2 is 1.93 bits per heavy atom. The number of fused-ring (bicyclic) bond motifs is 2. The van der Waals surface area contributed by atoms with Gasteiger partial charge in [0.15, 0.2) is 4.80 Å². The molecule has 3 aromatic rings. The third-order valence-electron chi connectivity index (χ3n) is 6.25. The normalized spacial score (nSPS) is 25.9. The first-order valence-electron chi connectivity index (χ1n) is 10.3. The predicted molar refractivity (Wildman–Crippen MR) is 118 cm³/mol. The van der Waals surface area contributed by atoms with Gasteiger partial charge in [-0.05, 0) is 42.2 Å². The zero-order valence-corrected chi connectivity index (χ0v) is 17.6. The summed E-state index contributed by atoms with van der Waals surface area (Å²) in [6, 6.07) is 16.9. The molecule has 0 saturated heterocycles. The first-order chi connectivity index (χ1) is 14.6. The summed E-state index contributed by atoms with van der Waals surface area (Å²) in [4.78, 5) is 19.0. The van der Waals surface area contributed by atoms with E-state index in [4.69, 9.17) is 9.73 Å². The van der Waals surface area contributed by atoms with Crippen LogP contribution < -0.4 is 19.6 Å². The Bertz CT molecular complexity index is 1230. The van der Waals surface area contributed by atoms with Crippen molar-refractivity contribution in [2.24, 2.45) is 4.99 Å². The van der Waals surface area contributed by atoms with Crippen LogP contribution in [-0.2, 0) is 0 Å². The van der Waals surface area contributed by atoms with Gasteiger partial charge in [0.2, 0.25) is 0 Å². The highest BCUT2D eigenvalue weighted by atomic mass is 32.1. The van der Waals surface area contributed by atoms with E-state index in [-0.39, 0.29) is 11.6 Å². The van der Waals surface area contributed by atoms with Crippen molar-refractivity contribution in [1.29, 1.82) is 0 Å². The summed E-state index contributed by atoms with van der Waals surface area (Å²) >= 11 is 1.41. The second-order valence-electron chi connectivity index (χ2n) is 8.04. The molecular weight excluding hydrogens is 396 g/mol. The smallest absolute Gasteiger partial charge is 0.270 e.